The summed E-state index contributed by atoms with van der Waals surface area (Å²) in [6.07, 6.45) is 1.97. The molecular weight excluding hydrogens is 483 g/mol. The number of sulfonamides is 1. The third kappa shape index (κ3) is 4.26. The van der Waals surface area contributed by atoms with Crippen LogP contribution in [-0.4, -0.2) is 62.7 Å². The van der Waals surface area contributed by atoms with Gasteiger partial charge in [0.1, 0.15) is 11.4 Å². The number of nitrogens with zero attached hydrogens (tertiary/aromatic N) is 2. The van der Waals surface area contributed by atoms with Crippen LogP contribution in [0.4, 0.5) is 4.39 Å². The zero-order valence-electron chi connectivity index (χ0n) is 18.8. The van der Waals surface area contributed by atoms with Gasteiger partial charge in [-0.1, -0.05) is 29.8 Å². The summed E-state index contributed by atoms with van der Waals surface area (Å²) in [4.78, 5) is 28.0. The van der Waals surface area contributed by atoms with Gasteiger partial charge in [-0.3, -0.25) is 9.59 Å². The molecule has 1 saturated carbocycles. The molecule has 0 N–H and O–H groups in total. The number of carbonyl (C=O) groups excluding carboxylic acids is 2. The standard InChI is InChI=1S/C24H26ClFN2O5S/c1-27(24(11-5-4-8-22(24)29)19-6-2-3-7-20(19)25)23(30)18-16-17(9-10-21(18)26)34(31,32)28-12-14-33-15-13-28/h2-3,6-7,9-10,16H,4-5,8,11-15H2,1H3/t24-/m0/s1. The van der Waals surface area contributed by atoms with Crippen molar-refractivity contribution in [1.29, 1.82) is 0 Å². The molecule has 1 aliphatic carbocycles. The molecule has 7 nitrogen and oxygen atoms in total. The Morgan fingerprint density at radius 2 is 1.85 bits per heavy atom. The molecule has 0 spiro atoms. The predicted octanol–water partition coefficient (Wildman–Crippen LogP) is 3.61. The van der Waals surface area contributed by atoms with Gasteiger partial charge < -0.3 is 9.64 Å². The Balaban J connectivity index is 1.76. The fourth-order valence-electron chi connectivity index (χ4n) is 4.75. The number of hydrogen-bond acceptors (Lipinski definition) is 5. The second-order valence-electron chi connectivity index (χ2n) is 8.49. The summed E-state index contributed by atoms with van der Waals surface area (Å²) in [5.74, 6) is -1.83. The number of ketones is 1. The molecule has 10 heteroatoms. The Hall–Kier alpha value is -2.33. The van der Waals surface area contributed by atoms with Gasteiger partial charge in [-0.25, -0.2) is 12.8 Å². The monoisotopic (exact) mass is 508 g/mol. The van der Waals surface area contributed by atoms with Crippen molar-refractivity contribution in [2.75, 3.05) is 33.4 Å². The minimum absolute atomic E-state index is 0.174. The molecule has 34 heavy (non-hydrogen) atoms. The van der Waals surface area contributed by atoms with E-state index in [9.17, 15) is 22.4 Å². The van der Waals surface area contributed by atoms with Crippen molar-refractivity contribution in [2.24, 2.45) is 0 Å². The van der Waals surface area contributed by atoms with Crippen LogP contribution in [0.25, 0.3) is 0 Å². The quantitative estimate of drug-likeness (QED) is 0.616. The Morgan fingerprint density at radius 3 is 2.53 bits per heavy atom. The average molecular weight is 509 g/mol. The third-order valence-corrected chi connectivity index (χ3v) is 8.85. The van der Waals surface area contributed by atoms with Crippen molar-refractivity contribution in [3.63, 3.8) is 0 Å². The van der Waals surface area contributed by atoms with Gasteiger partial charge >= 0.3 is 0 Å². The molecule has 0 unspecified atom stereocenters. The summed E-state index contributed by atoms with van der Waals surface area (Å²) in [6, 6.07) is 9.98. The molecule has 1 atom stereocenters. The Morgan fingerprint density at radius 1 is 1.15 bits per heavy atom. The number of morpholine rings is 1. The van der Waals surface area contributed by atoms with Crippen molar-refractivity contribution >= 4 is 33.3 Å². The summed E-state index contributed by atoms with van der Waals surface area (Å²) in [6.45, 7) is 0.870. The highest BCUT2D eigenvalue weighted by Gasteiger charge is 2.48. The second kappa shape index (κ2) is 9.73. The third-order valence-electron chi connectivity index (χ3n) is 6.63. The molecule has 1 heterocycles. The molecule has 2 aromatic carbocycles. The number of benzene rings is 2. The molecule has 182 valence electrons. The first kappa shape index (κ1) is 24.8. The molecule has 2 aliphatic rings. The molecule has 4 rings (SSSR count). The molecule has 0 aromatic heterocycles. The zero-order chi connectivity index (χ0) is 24.5. The van der Waals surface area contributed by atoms with Crippen LogP contribution in [0.2, 0.25) is 5.02 Å². The Labute approximate surface area is 203 Å². The Kier molecular flexibility index (Phi) is 7.09. The summed E-state index contributed by atoms with van der Waals surface area (Å²) < 4.78 is 47.5. The van der Waals surface area contributed by atoms with E-state index < -0.39 is 32.9 Å². The number of hydrogen-bond donors (Lipinski definition) is 0. The van der Waals surface area contributed by atoms with Crippen LogP contribution in [0.5, 0.6) is 0 Å². The number of likely N-dealkylation sites (N-methyl/N-ethyl adjacent to an activating group) is 1. The Bertz CT molecular complexity index is 1220. The van der Waals surface area contributed by atoms with E-state index in [-0.39, 0.29) is 43.4 Å². The minimum atomic E-state index is -3.94. The van der Waals surface area contributed by atoms with Gasteiger partial charge in [-0.2, -0.15) is 4.31 Å². The highest BCUT2D eigenvalue weighted by atomic mass is 35.5. The molecule has 0 bridgehead atoms. The van der Waals surface area contributed by atoms with Crippen LogP contribution in [-0.2, 0) is 25.1 Å². The van der Waals surface area contributed by atoms with Crippen molar-refractivity contribution in [2.45, 2.75) is 36.1 Å². The lowest BCUT2D eigenvalue weighted by Crippen LogP contribution is -2.54. The van der Waals surface area contributed by atoms with Crippen molar-refractivity contribution in [3.05, 3.63) is 64.4 Å². The van der Waals surface area contributed by atoms with Crippen LogP contribution in [0, 0.1) is 5.82 Å². The SMILES string of the molecule is CN(C(=O)c1cc(S(=O)(=O)N2CCOCC2)ccc1F)[C@]1(c2ccccc2Cl)CCCCC1=O. The number of amides is 1. The lowest BCUT2D eigenvalue weighted by Gasteiger charge is -2.44. The molecule has 1 aliphatic heterocycles. The van der Waals surface area contributed by atoms with Crippen LogP contribution >= 0.6 is 11.6 Å². The number of halogens is 2. The maximum absolute atomic E-state index is 14.9. The maximum atomic E-state index is 14.9. The largest absolute Gasteiger partial charge is 0.379 e. The lowest BCUT2D eigenvalue weighted by atomic mass is 9.74. The lowest BCUT2D eigenvalue weighted by molar-refractivity contribution is -0.132. The van der Waals surface area contributed by atoms with E-state index in [1.165, 1.54) is 16.3 Å². The number of rotatable bonds is 5. The van der Waals surface area contributed by atoms with E-state index in [1.54, 1.807) is 24.3 Å². The second-order valence-corrected chi connectivity index (χ2v) is 10.8. The van der Waals surface area contributed by atoms with Crippen LogP contribution < -0.4 is 0 Å². The van der Waals surface area contributed by atoms with Crippen molar-refractivity contribution < 1.29 is 27.1 Å². The molecule has 1 amide bonds. The normalized spacial score (nSPS) is 21.9. The maximum Gasteiger partial charge on any atom is 0.257 e. The first-order valence-corrected chi connectivity index (χ1v) is 13.0. The van der Waals surface area contributed by atoms with Crippen LogP contribution in [0.15, 0.2) is 47.4 Å². The van der Waals surface area contributed by atoms with Gasteiger partial charge in [0, 0.05) is 37.1 Å². The fraction of sp³-hybridized carbons (Fsp3) is 0.417. The zero-order valence-corrected chi connectivity index (χ0v) is 20.4. The van der Waals surface area contributed by atoms with Crippen molar-refractivity contribution in [3.8, 4) is 0 Å². The van der Waals surface area contributed by atoms with Gasteiger partial charge in [0.05, 0.1) is 23.7 Å². The summed E-state index contributed by atoms with van der Waals surface area (Å²) in [7, 11) is -2.50. The highest BCUT2D eigenvalue weighted by molar-refractivity contribution is 7.89. The van der Waals surface area contributed by atoms with Gasteiger partial charge in [-0.05, 0) is 43.5 Å². The molecule has 0 radical (unpaired) electrons. The smallest absolute Gasteiger partial charge is 0.257 e. The minimum Gasteiger partial charge on any atom is -0.379 e. The van der Waals surface area contributed by atoms with Gasteiger partial charge in [0.25, 0.3) is 5.91 Å². The van der Waals surface area contributed by atoms with Gasteiger partial charge in [0.2, 0.25) is 10.0 Å². The molecule has 1 saturated heterocycles. The van der Waals surface area contributed by atoms with E-state index >= 15 is 0 Å². The summed E-state index contributed by atoms with van der Waals surface area (Å²) >= 11 is 6.45. The first-order chi connectivity index (χ1) is 16.2. The highest BCUT2D eigenvalue weighted by Crippen LogP contribution is 2.43. The number of ether oxygens (including phenoxy) is 1. The van der Waals surface area contributed by atoms with Crippen LogP contribution in [0.3, 0.4) is 0 Å². The molecular formula is C24H26ClFN2O5S. The van der Waals surface area contributed by atoms with Gasteiger partial charge in [0.15, 0.2) is 5.78 Å². The fourth-order valence-corrected chi connectivity index (χ4v) is 6.48. The molecule has 2 fully saturated rings. The van der Waals surface area contributed by atoms with E-state index in [1.807, 2.05) is 0 Å². The average Bonchev–Trinajstić information content (AvgIpc) is 2.85. The topological polar surface area (TPSA) is 84.0 Å². The van der Waals surface area contributed by atoms with Crippen LogP contribution in [0.1, 0.15) is 41.6 Å². The van der Waals surface area contributed by atoms with E-state index in [2.05, 4.69) is 0 Å². The van der Waals surface area contributed by atoms with Crippen molar-refractivity contribution in [1.82, 2.24) is 9.21 Å². The first-order valence-electron chi connectivity index (χ1n) is 11.1. The number of carbonyl (C=O) groups is 2. The molecule has 2 aromatic rings. The predicted molar refractivity (Wildman–Crippen MR) is 125 cm³/mol. The summed E-state index contributed by atoms with van der Waals surface area (Å²) in [5.41, 5.74) is -1.30. The summed E-state index contributed by atoms with van der Waals surface area (Å²) in [5, 5.41) is 0.335. The van der Waals surface area contributed by atoms with E-state index in [4.69, 9.17) is 16.3 Å². The van der Waals surface area contributed by atoms with Gasteiger partial charge in [-0.15, -0.1) is 0 Å². The van der Waals surface area contributed by atoms with E-state index in [0.717, 1.165) is 18.2 Å². The number of Topliss-reactive ketones (excluding diaryl/α,β-unsaturated/α-hetero) is 1. The van der Waals surface area contributed by atoms with E-state index in [0.29, 0.717) is 29.8 Å².